The second-order valence-electron chi connectivity index (χ2n) is 6.72. The number of allylic oxidation sites excluding steroid dienone is 2. The van der Waals surface area contributed by atoms with Crippen LogP contribution in [0.2, 0.25) is 0 Å². The highest BCUT2D eigenvalue weighted by Gasteiger charge is 2.40. The van der Waals surface area contributed by atoms with Gasteiger partial charge in [-0.15, -0.1) is 0 Å². The lowest BCUT2D eigenvalue weighted by molar-refractivity contribution is -0.120. The Morgan fingerprint density at radius 1 is 1.08 bits per heavy atom. The van der Waals surface area contributed by atoms with Gasteiger partial charge in [-0.1, -0.05) is 18.2 Å². The van der Waals surface area contributed by atoms with Crippen LogP contribution in [-0.4, -0.2) is 16.7 Å². The van der Waals surface area contributed by atoms with E-state index in [0.29, 0.717) is 6.42 Å². The summed E-state index contributed by atoms with van der Waals surface area (Å²) >= 11 is 0. The zero-order valence-corrected chi connectivity index (χ0v) is 14.2. The molecule has 2 aliphatic rings. The fraction of sp³-hybridized carbons (Fsp3) is 0.286. The maximum absolute atomic E-state index is 13.0. The Kier molecular flexibility index (Phi) is 3.96. The van der Waals surface area contributed by atoms with Gasteiger partial charge in [-0.2, -0.15) is 0 Å². The maximum Gasteiger partial charge on any atom is 0.232 e. The van der Waals surface area contributed by atoms with Gasteiger partial charge in [0.05, 0.1) is 0 Å². The predicted octanol–water partition coefficient (Wildman–Crippen LogP) is 3.92. The van der Waals surface area contributed by atoms with Crippen molar-refractivity contribution in [2.75, 3.05) is 4.90 Å². The van der Waals surface area contributed by atoms with Crippen LogP contribution in [0.3, 0.4) is 0 Å². The number of aryl methyl sites for hydroxylation is 1. The number of nitrogens with zero attached hydrogens (tertiary/aromatic N) is 2. The Morgan fingerprint density at radius 3 is 2.72 bits per heavy atom. The molecule has 1 aliphatic carbocycles. The molecule has 0 fully saturated rings. The van der Waals surface area contributed by atoms with Crippen molar-refractivity contribution in [2.24, 2.45) is 0 Å². The first-order valence-electron chi connectivity index (χ1n) is 8.72. The molecule has 4 nitrogen and oxygen atoms in total. The minimum atomic E-state index is -0.224. The topological polar surface area (TPSA) is 50.3 Å². The molecule has 0 saturated heterocycles. The van der Waals surface area contributed by atoms with Crippen LogP contribution in [-0.2, 0) is 9.59 Å². The summed E-state index contributed by atoms with van der Waals surface area (Å²) in [6.45, 7) is 2.01. The number of carbonyl (C=O) groups is 2. The standard InChI is InChI=1S/C21H20N2O2/c1-14-6-4-7-15(12-14)23-18-9-5-10-19(24)21(18)16(13-20(23)25)17-8-2-3-11-22-17/h2-4,6-8,11-12,16H,5,9-10,13H2,1H3. The van der Waals surface area contributed by atoms with Crippen LogP contribution in [0.25, 0.3) is 0 Å². The average molecular weight is 332 g/mol. The molecule has 126 valence electrons. The first-order chi connectivity index (χ1) is 12.1. The Labute approximate surface area is 147 Å². The summed E-state index contributed by atoms with van der Waals surface area (Å²) in [6, 6.07) is 13.6. The summed E-state index contributed by atoms with van der Waals surface area (Å²) in [5, 5.41) is 0. The molecular formula is C21H20N2O2. The zero-order valence-electron chi connectivity index (χ0n) is 14.2. The van der Waals surface area contributed by atoms with Crippen molar-refractivity contribution >= 4 is 17.4 Å². The highest BCUT2D eigenvalue weighted by atomic mass is 16.2. The second kappa shape index (κ2) is 6.28. The van der Waals surface area contributed by atoms with E-state index < -0.39 is 0 Å². The van der Waals surface area contributed by atoms with Gasteiger partial charge in [-0.3, -0.25) is 19.5 Å². The number of pyridine rings is 1. The molecule has 1 amide bonds. The van der Waals surface area contributed by atoms with Gasteiger partial charge in [0.15, 0.2) is 5.78 Å². The highest BCUT2D eigenvalue weighted by molar-refractivity contribution is 6.07. The first kappa shape index (κ1) is 15.8. The number of anilines is 1. The van der Waals surface area contributed by atoms with Gasteiger partial charge in [0.1, 0.15) is 0 Å². The molecule has 1 aromatic heterocycles. The number of aromatic nitrogens is 1. The third kappa shape index (κ3) is 2.78. The lowest BCUT2D eigenvalue weighted by atomic mass is 9.78. The predicted molar refractivity (Wildman–Crippen MR) is 96.1 cm³/mol. The quantitative estimate of drug-likeness (QED) is 0.837. The number of rotatable bonds is 2. The van der Waals surface area contributed by atoms with E-state index in [0.717, 1.165) is 41.1 Å². The fourth-order valence-electron chi connectivity index (χ4n) is 3.89. The lowest BCUT2D eigenvalue weighted by Crippen LogP contribution is -2.40. The third-order valence-electron chi connectivity index (χ3n) is 4.98. The van der Waals surface area contributed by atoms with Crippen molar-refractivity contribution in [3.8, 4) is 0 Å². The average Bonchev–Trinajstić information content (AvgIpc) is 2.62. The van der Waals surface area contributed by atoms with E-state index in [1.165, 1.54) is 0 Å². The summed E-state index contributed by atoms with van der Waals surface area (Å²) in [6.07, 6.45) is 4.11. The Balaban J connectivity index is 1.87. The number of amides is 1. The molecule has 0 bridgehead atoms. The molecule has 4 rings (SSSR count). The van der Waals surface area contributed by atoms with Gasteiger partial charge < -0.3 is 0 Å². The van der Waals surface area contributed by atoms with Crippen molar-refractivity contribution in [2.45, 2.75) is 38.5 Å². The van der Waals surface area contributed by atoms with E-state index in [1.807, 2.05) is 49.4 Å². The molecule has 0 spiro atoms. The Morgan fingerprint density at radius 2 is 1.96 bits per heavy atom. The third-order valence-corrected chi connectivity index (χ3v) is 4.98. The van der Waals surface area contributed by atoms with Crippen LogP contribution in [0.15, 0.2) is 59.9 Å². The highest BCUT2D eigenvalue weighted by Crippen LogP contribution is 2.42. The molecule has 2 aromatic rings. The summed E-state index contributed by atoms with van der Waals surface area (Å²) in [5.41, 5.74) is 4.41. The van der Waals surface area contributed by atoms with Gasteiger partial charge in [-0.25, -0.2) is 0 Å². The van der Waals surface area contributed by atoms with Crippen LogP contribution >= 0.6 is 0 Å². The Hall–Kier alpha value is -2.75. The fourth-order valence-corrected chi connectivity index (χ4v) is 3.89. The first-order valence-corrected chi connectivity index (χ1v) is 8.72. The molecule has 1 atom stereocenters. The minimum Gasteiger partial charge on any atom is -0.294 e. The molecule has 25 heavy (non-hydrogen) atoms. The van der Waals surface area contributed by atoms with Gasteiger partial charge in [-0.05, 0) is 49.6 Å². The number of hydrogen-bond donors (Lipinski definition) is 0. The number of benzene rings is 1. The molecule has 4 heteroatoms. The lowest BCUT2D eigenvalue weighted by Gasteiger charge is -2.38. The van der Waals surface area contributed by atoms with E-state index in [-0.39, 0.29) is 24.0 Å². The van der Waals surface area contributed by atoms with Crippen LogP contribution < -0.4 is 4.90 Å². The van der Waals surface area contributed by atoms with E-state index in [9.17, 15) is 9.59 Å². The molecule has 1 aromatic carbocycles. The van der Waals surface area contributed by atoms with Crippen molar-refractivity contribution in [3.63, 3.8) is 0 Å². The van der Waals surface area contributed by atoms with Crippen molar-refractivity contribution in [3.05, 3.63) is 71.2 Å². The van der Waals surface area contributed by atoms with Gasteiger partial charge >= 0.3 is 0 Å². The maximum atomic E-state index is 13.0. The van der Waals surface area contributed by atoms with Crippen molar-refractivity contribution < 1.29 is 9.59 Å². The van der Waals surface area contributed by atoms with Gasteiger partial charge in [0, 0.05) is 47.6 Å². The van der Waals surface area contributed by atoms with E-state index in [2.05, 4.69) is 4.98 Å². The number of carbonyl (C=O) groups excluding carboxylic acids is 2. The molecule has 0 N–H and O–H groups in total. The summed E-state index contributed by atoms with van der Waals surface area (Å²) in [5.74, 6) is -0.0330. The minimum absolute atomic E-state index is 0.0368. The van der Waals surface area contributed by atoms with E-state index in [1.54, 1.807) is 11.1 Å². The molecule has 1 aliphatic heterocycles. The van der Waals surface area contributed by atoms with Gasteiger partial charge in [0.25, 0.3) is 0 Å². The monoisotopic (exact) mass is 332 g/mol. The zero-order chi connectivity index (χ0) is 17.4. The smallest absolute Gasteiger partial charge is 0.232 e. The molecule has 1 unspecified atom stereocenters. The number of Topliss-reactive ketones (excluding diaryl/α,β-unsaturated/α-hetero) is 1. The van der Waals surface area contributed by atoms with Crippen molar-refractivity contribution in [1.82, 2.24) is 4.98 Å². The summed E-state index contributed by atoms with van der Waals surface area (Å²) in [7, 11) is 0. The SMILES string of the molecule is Cc1cccc(N2C(=O)CC(c3ccccn3)C3=C2CCCC3=O)c1. The van der Waals surface area contributed by atoms with Gasteiger partial charge in [0.2, 0.25) is 5.91 Å². The molecule has 0 radical (unpaired) electrons. The van der Waals surface area contributed by atoms with E-state index in [4.69, 9.17) is 0 Å². The summed E-state index contributed by atoms with van der Waals surface area (Å²) < 4.78 is 0. The second-order valence-corrected chi connectivity index (χ2v) is 6.72. The molecule has 2 heterocycles. The molecule has 0 saturated carbocycles. The van der Waals surface area contributed by atoms with E-state index >= 15 is 0 Å². The Bertz CT molecular complexity index is 870. The van der Waals surface area contributed by atoms with Crippen molar-refractivity contribution in [1.29, 1.82) is 0 Å². The van der Waals surface area contributed by atoms with Crippen LogP contribution in [0.5, 0.6) is 0 Å². The van der Waals surface area contributed by atoms with Crippen LogP contribution in [0.4, 0.5) is 5.69 Å². The normalized spacial score (nSPS) is 20.7. The number of hydrogen-bond acceptors (Lipinski definition) is 3. The van der Waals surface area contributed by atoms with Crippen LogP contribution in [0, 0.1) is 6.92 Å². The molecular weight excluding hydrogens is 312 g/mol. The summed E-state index contributed by atoms with van der Waals surface area (Å²) in [4.78, 5) is 31.9. The number of ketones is 1. The van der Waals surface area contributed by atoms with Crippen LogP contribution in [0.1, 0.15) is 42.9 Å². The largest absolute Gasteiger partial charge is 0.294 e.